The molecule has 0 aromatic carbocycles. The first kappa shape index (κ1) is 13.9. The van der Waals surface area contributed by atoms with Crippen molar-refractivity contribution in [1.29, 1.82) is 0 Å². The third-order valence-electron chi connectivity index (χ3n) is 5.48. The molecule has 1 unspecified atom stereocenters. The van der Waals surface area contributed by atoms with Gasteiger partial charge in [-0.25, -0.2) is 0 Å². The maximum Gasteiger partial charge on any atom is 0.306 e. The lowest BCUT2D eigenvalue weighted by Crippen LogP contribution is -2.60. The Morgan fingerprint density at radius 2 is 2.05 bits per heavy atom. The maximum absolute atomic E-state index is 12.4. The van der Waals surface area contributed by atoms with Gasteiger partial charge in [0.2, 0.25) is 0 Å². The van der Waals surface area contributed by atoms with E-state index < -0.39 is 11.6 Å². The van der Waals surface area contributed by atoms with Crippen molar-refractivity contribution in [2.45, 2.75) is 57.1 Å². The molecule has 3 aliphatic rings. The largest absolute Gasteiger partial charge is 0.481 e. The van der Waals surface area contributed by atoms with Crippen molar-refractivity contribution in [2.75, 3.05) is 6.61 Å². The number of carbonyl (C=O) groups excluding carboxylic acids is 1. The molecule has 4 atom stereocenters. The second-order valence-corrected chi connectivity index (χ2v) is 6.53. The van der Waals surface area contributed by atoms with Crippen LogP contribution in [-0.4, -0.2) is 35.2 Å². The summed E-state index contributed by atoms with van der Waals surface area (Å²) in [5.74, 6) is -0.0248. The van der Waals surface area contributed by atoms with Crippen LogP contribution in [0.4, 0.5) is 0 Å². The van der Waals surface area contributed by atoms with Crippen LogP contribution in [0.15, 0.2) is 0 Å². The number of amides is 1. The molecular formula is C15H23NO4. The highest BCUT2D eigenvalue weighted by Gasteiger charge is 2.52. The molecule has 3 rings (SSSR count). The van der Waals surface area contributed by atoms with E-state index in [-0.39, 0.29) is 17.9 Å². The summed E-state index contributed by atoms with van der Waals surface area (Å²) in [5.41, 5.74) is -0.593. The quantitative estimate of drug-likeness (QED) is 0.802. The molecule has 1 amide bonds. The summed E-state index contributed by atoms with van der Waals surface area (Å²) in [4.78, 5) is 23.4. The van der Waals surface area contributed by atoms with E-state index in [9.17, 15) is 9.59 Å². The second-order valence-electron chi connectivity index (χ2n) is 6.53. The number of aliphatic carboxylic acids is 1. The summed E-state index contributed by atoms with van der Waals surface area (Å²) < 4.78 is 5.66. The van der Waals surface area contributed by atoms with Gasteiger partial charge in [0.15, 0.2) is 0 Å². The van der Waals surface area contributed by atoms with Crippen LogP contribution in [0.3, 0.4) is 0 Å². The van der Waals surface area contributed by atoms with E-state index in [1.165, 1.54) is 0 Å². The molecule has 112 valence electrons. The lowest BCUT2D eigenvalue weighted by Gasteiger charge is -2.45. The van der Waals surface area contributed by atoms with E-state index in [1.807, 2.05) is 6.92 Å². The Labute approximate surface area is 119 Å². The molecule has 0 saturated heterocycles. The molecule has 5 nitrogen and oxygen atoms in total. The van der Waals surface area contributed by atoms with Gasteiger partial charge < -0.3 is 15.2 Å². The summed E-state index contributed by atoms with van der Waals surface area (Å²) in [7, 11) is 0. The fourth-order valence-corrected chi connectivity index (χ4v) is 4.11. The Morgan fingerprint density at radius 3 is 2.60 bits per heavy atom. The molecule has 0 bridgehead atoms. The molecule has 0 aromatic heterocycles. The predicted molar refractivity (Wildman–Crippen MR) is 72.1 cm³/mol. The fraction of sp³-hybridized carbons (Fsp3) is 0.867. The minimum atomic E-state index is -0.686. The van der Waals surface area contributed by atoms with Crippen LogP contribution in [0, 0.1) is 17.8 Å². The highest BCUT2D eigenvalue weighted by Crippen LogP contribution is 2.50. The number of carboxylic acids is 1. The molecule has 3 saturated carbocycles. The lowest BCUT2D eigenvalue weighted by atomic mass is 9.70. The number of ether oxygens (including phenoxy) is 1. The predicted octanol–water partition coefficient (Wildman–Crippen LogP) is 1.56. The fourth-order valence-electron chi connectivity index (χ4n) is 4.11. The van der Waals surface area contributed by atoms with E-state index in [4.69, 9.17) is 9.84 Å². The molecule has 3 aliphatic carbocycles. The lowest BCUT2D eigenvalue weighted by molar-refractivity contribution is -0.161. The zero-order chi connectivity index (χ0) is 14.3. The molecule has 20 heavy (non-hydrogen) atoms. The molecule has 5 heteroatoms. The zero-order valence-electron chi connectivity index (χ0n) is 11.9. The van der Waals surface area contributed by atoms with Gasteiger partial charge in [0, 0.05) is 12.6 Å². The van der Waals surface area contributed by atoms with Crippen molar-refractivity contribution < 1.29 is 19.4 Å². The van der Waals surface area contributed by atoms with Crippen molar-refractivity contribution in [3.05, 3.63) is 0 Å². The monoisotopic (exact) mass is 281 g/mol. The summed E-state index contributed by atoms with van der Waals surface area (Å²) in [6, 6.07) is 0.162. The summed E-state index contributed by atoms with van der Waals surface area (Å²) in [5, 5.41) is 12.2. The topological polar surface area (TPSA) is 75.6 Å². The van der Waals surface area contributed by atoms with Gasteiger partial charge in [-0.2, -0.15) is 0 Å². The second kappa shape index (κ2) is 5.02. The van der Waals surface area contributed by atoms with E-state index in [0.29, 0.717) is 24.9 Å². The number of rotatable bonds is 5. The Morgan fingerprint density at radius 1 is 1.30 bits per heavy atom. The van der Waals surface area contributed by atoms with Gasteiger partial charge in [-0.05, 0) is 57.3 Å². The summed E-state index contributed by atoms with van der Waals surface area (Å²) in [6.07, 6.45) is 5.10. The van der Waals surface area contributed by atoms with Gasteiger partial charge in [0.05, 0.1) is 5.92 Å². The number of fused-ring (bicyclic) bond motifs is 1. The van der Waals surface area contributed by atoms with E-state index in [0.717, 1.165) is 32.1 Å². The molecule has 3 fully saturated rings. The van der Waals surface area contributed by atoms with Gasteiger partial charge in [-0.15, -0.1) is 0 Å². The van der Waals surface area contributed by atoms with Crippen molar-refractivity contribution in [3.63, 3.8) is 0 Å². The number of hydrogen-bond acceptors (Lipinski definition) is 3. The highest BCUT2D eigenvalue weighted by atomic mass is 16.5. The smallest absolute Gasteiger partial charge is 0.306 e. The first-order valence-electron chi connectivity index (χ1n) is 7.73. The van der Waals surface area contributed by atoms with Crippen LogP contribution in [-0.2, 0) is 14.3 Å². The summed E-state index contributed by atoms with van der Waals surface area (Å²) >= 11 is 0. The van der Waals surface area contributed by atoms with Crippen molar-refractivity contribution in [1.82, 2.24) is 5.32 Å². The molecule has 0 aliphatic heterocycles. The number of carboxylic acid groups (broad SMARTS) is 1. The Bertz CT molecular complexity index is 418. The molecule has 0 radical (unpaired) electrons. The van der Waals surface area contributed by atoms with Gasteiger partial charge in [0.1, 0.15) is 5.60 Å². The number of nitrogens with one attached hydrogen (secondary N) is 1. The number of carbonyl (C=O) groups is 2. The van der Waals surface area contributed by atoms with Crippen molar-refractivity contribution >= 4 is 11.9 Å². The third-order valence-corrected chi connectivity index (χ3v) is 5.48. The minimum Gasteiger partial charge on any atom is -0.481 e. The average molecular weight is 281 g/mol. The Balaban J connectivity index is 1.55. The average Bonchev–Trinajstić information content (AvgIpc) is 2.68. The molecule has 0 spiro atoms. The van der Waals surface area contributed by atoms with Gasteiger partial charge >= 0.3 is 5.97 Å². The molecule has 0 heterocycles. The highest BCUT2D eigenvalue weighted by molar-refractivity contribution is 5.86. The van der Waals surface area contributed by atoms with E-state index in [1.54, 1.807) is 0 Å². The van der Waals surface area contributed by atoms with Gasteiger partial charge in [-0.3, -0.25) is 9.59 Å². The molecule has 2 N–H and O–H groups in total. The van der Waals surface area contributed by atoms with Crippen LogP contribution in [0.2, 0.25) is 0 Å². The molecule has 0 aromatic rings. The molecular weight excluding hydrogens is 258 g/mol. The van der Waals surface area contributed by atoms with E-state index in [2.05, 4.69) is 5.32 Å². The van der Waals surface area contributed by atoms with Crippen molar-refractivity contribution in [2.24, 2.45) is 17.8 Å². The Kier molecular flexibility index (Phi) is 3.48. The van der Waals surface area contributed by atoms with Crippen LogP contribution in [0.1, 0.15) is 45.4 Å². The first-order chi connectivity index (χ1) is 9.55. The first-order valence-corrected chi connectivity index (χ1v) is 7.73. The van der Waals surface area contributed by atoms with Crippen LogP contribution >= 0.6 is 0 Å². The summed E-state index contributed by atoms with van der Waals surface area (Å²) in [6.45, 7) is 2.48. The van der Waals surface area contributed by atoms with Gasteiger partial charge in [-0.1, -0.05) is 0 Å². The standard InChI is InChI=1S/C15H23NO4/c1-2-20-15(4-3-5-15)14(19)16-12-8-9-6-10(13(17)18)7-11(9)12/h9-12H,2-8H2,1H3,(H,16,19)(H,17,18)/t9-,10?,11-,12+/m0/s1. The van der Waals surface area contributed by atoms with E-state index >= 15 is 0 Å². The number of hydrogen-bond donors (Lipinski definition) is 2. The minimum absolute atomic E-state index is 0.0211. The van der Waals surface area contributed by atoms with Crippen LogP contribution < -0.4 is 5.32 Å². The SMILES string of the molecule is CCOC1(C(=O)N[C@@H]2C[C@@H]3CC(C(=O)O)C[C@@H]32)CCC1. The maximum atomic E-state index is 12.4. The Hall–Kier alpha value is -1.10. The van der Waals surface area contributed by atoms with Crippen molar-refractivity contribution in [3.8, 4) is 0 Å². The van der Waals surface area contributed by atoms with Crippen LogP contribution in [0.25, 0.3) is 0 Å². The zero-order valence-corrected chi connectivity index (χ0v) is 11.9. The normalized spacial score (nSPS) is 37.5. The third kappa shape index (κ3) is 2.12. The van der Waals surface area contributed by atoms with Gasteiger partial charge in [0.25, 0.3) is 5.91 Å². The van der Waals surface area contributed by atoms with Crippen LogP contribution in [0.5, 0.6) is 0 Å².